The van der Waals surface area contributed by atoms with Gasteiger partial charge >= 0.3 is 0 Å². The van der Waals surface area contributed by atoms with Crippen LogP contribution in [0.15, 0.2) is 0 Å². The summed E-state index contributed by atoms with van der Waals surface area (Å²) >= 11 is 0. The second-order valence-electron chi connectivity index (χ2n) is 19.8. The molecule has 2 aliphatic carbocycles. The Morgan fingerprint density at radius 1 is 0.795 bits per heavy atom. The van der Waals surface area contributed by atoms with Gasteiger partial charge < -0.3 is 18.4 Å². The van der Waals surface area contributed by atoms with Crippen LogP contribution in [0, 0.1) is 29.1 Å². The lowest BCUT2D eigenvalue weighted by Crippen LogP contribution is -2.55. The first-order valence-electron chi connectivity index (χ1n) is 18.4. The van der Waals surface area contributed by atoms with Crippen molar-refractivity contribution in [2.24, 2.45) is 29.1 Å². The zero-order chi connectivity index (χ0) is 34.2. The van der Waals surface area contributed by atoms with E-state index in [1.54, 1.807) is 0 Å². The van der Waals surface area contributed by atoms with E-state index in [0.29, 0.717) is 23.7 Å². The van der Waals surface area contributed by atoms with Gasteiger partial charge in [-0.3, -0.25) is 0 Å². The van der Waals surface area contributed by atoms with Crippen LogP contribution in [0.4, 0.5) is 0 Å². The van der Waals surface area contributed by atoms with Gasteiger partial charge in [-0.05, 0) is 159 Å². The summed E-state index contributed by atoms with van der Waals surface area (Å²) in [6.45, 7) is 40.0. The quantitative estimate of drug-likeness (QED) is 0.156. The van der Waals surface area contributed by atoms with Gasteiger partial charge in [0.1, 0.15) is 0 Å². The minimum Gasteiger partial charge on any atom is -0.413 e. The predicted molar refractivity (Wildman–Crippen MR) is 199 cm³/mol. The first-order valence-corrected chi connectivity index (χ1v) is 28.1. The van der Waals surface area contributed by atoms with Crippen LogP contribution in [0.5, 0.6) is 0 Å². The maximum atomic E-state index is 11.1. The minimum atomic E-state index is -2.08. The summed E-state index contributed by atoms with van der Waals surface area (Å²) in [6.07, 6.45) is 11.6. The molecular weight excluding hydrogens is 593 g/mol. The van der Waals surface area contributed by atoms with E-state index in [-0.39, 0.29) is 33.9 Å². The molecule has 0 aromatic heterocycles. The highest BCUT2D eigenvalue weighted by Crippen LogP contribution is 2.59. The normalized spacial score (nSPS) is 27.5. The van der Waals surface area contributed by atoms with Crippen molar-refractivity contribution in [1.29, 1.82) is 0 Å². The predicted octanol–water partition coefficient (Wildman–Crippen LogP) is 11.4. The van der Waals surface area contributed by atoms with E-state index in [0.717, 1.165) is 19.3 Å². The number of aliphatic hydroxyl groups excluding tert-OH is 1. The van der Waals surface area contributed by atoms with E-state index in [4.69, 9.17) is 13.3 Å². The summed E-state index contributed by atoms with van der Waals surface area (Å²) in [7, 11) is -5.48. The molecule has 2 saturated carbocycles. The van der Waals surface area contributed by atoms with E-state index >= 15 is 0 Å². The average Bonchev–Trinajstić information content (AvgIpc) is 3.14. The highest BCUT2D eigenvalue weighted by atomic mass is 28.4. The molecule has 7 heteroatoms. The standard InChI is InChI=1S/C37H78O4Si3/c1-28(2)36(7,8)44(16,17)39-33(35(5,6)41-43(13,14)15)25-22-29(20-18-26-34(3,4)40-42(10,11)12)30-23-24-31-32(38)21-19-27-37(30,31)9/h28-33,38H,18-27H2,1-17H3/t29?,30?,31?,32-,33?,37+/m0/s1. The fourth-order valence-electron chi connectivity index (χ4n) is 9.15. The van der Waals surface area contributed by atoms with Crippen molar-refractivity contribution in [3.8, 4) is 0 Å². The monoisotopic (exact) mass is 671 g/mol. The zero-order valence-corrected chi connectivity index (χ0v) is 35.7. The molecule has 0 amide bonds. The third-order valence-corrected chi connectivity index (χ3v) is 19.1. The fraction of sp³-hybridized carbons (Fsp3) is 1.00. The van der Waals surface area contributed by atoms with E-state index in [1.165, 1.54) is 44.9 Å². The zero-order valence-electron chi connectivity index (χ0n) is 32.7. The highest BCUT2D eigenvalue weighted by Gasteiger charge is 2.53. The topological polar surface area (TPSA) is 47.9 Å². The molecule has 0 aromatic carbocycles. The smallest absolute Gasteiger partial charge is 0.193 e. The van der Waals surface area contributed by atoms with Crippen molar-refractivity contribution in [2.75, 3.05) is 0 Å². The molecule has 0 saturated heterocycles. The van der Waals surface area contributed by atoms with Crippen LogP contribution in [0.1, 0.15) is 127 Å². The van der Waals surface area contributed by atoms with Crippen LogP contribution in [0.25, 0.3) is 0 Å². The molecule has 2 aliphatic rings. The molecule has 0 heterocycles. The van der Waals surface area contributed by atoms with Crippen molar-refractivity contribution >= 4 is 25.0 Å². The Bertz CT molecular complexity index is 901. The fourth-order valence-corrected chi connectivity index (χ4v) is 15.4. The Hall–Kier alpha value is 0.491. The van der Waals surface area contributed by atoms with E-state index < -0.39 is 25.0 Å². The number of rotatable bonds is 17. The van der Waals surface area contributed by atoms with Gasteiger partial charge in [-0.2, -0.15) is 0 Å². The largest absolute Gasteiger partial charge is 0.413 e. The maximum absolute atomic E-state index is 11.1. The second kappa shape index (κ2) is 14.5. The van der Waals surface area contributed by atoms with Gasteiger partial charge in [0.25, 0.3) is 0 Å². The molecule has 6 atom stereocenters. The van der Waals surface area contributed by atoms with Gasteiger partial charge in [-0.15, -0.1) is 0 Å². The van der Waals surface area contributed by atoms with Gasteiger partial charge in [-0.25, -0.2) is 0 Å². The minimum absolute atomic E-state index is 0.0741. The second-order valence-corrected chi connectivity index (χ2v) is 33.2. The Morgan fingerprint density at radius 2 is 1.36 bits per heavy atom. The summed E-state index contributed by atoms with van der Waals surface area (Å²) in [5, 5.41) is 11.2. The van der Waals surface area contributed by atoms with Gasteiger partial charge in [-0.1, -0.05) is 53.9 Å². The van der Waals surface area contributed by atoms with Crippen LogP contribution in [0.3, 0.4) is 0 Å². The van der Waals surface area contributed by atoms with Crippen molar-refractivity contribution in [1.82, 2.24) is 0 Å². The molecule has 0 spiro atoms. The lowest BCUT2D eigenvalue weighted by molar-refractivity contribution is -0.0459. The highest BCUT2D eigenvalue weighted by molar-refractivity contribution is 6.74. The van der Waals surface area contributed by atoms with Crippen LogP contribution >= 0.6 is 0 Å². The molecule has 4 nitrogen and oxygen atoms in total. The Labute approximate surface area is 279 Å². The lowest BCUT2D eigenvalue weighted by Gasteiger charge is -2.49. The molecular formula is C37H78O4Si3. The first kappa shape index (κ1) is 40.7. The molecule has 0 aromatic rings. The number of hydrogen-bond donors (Lipinski definition) is 1. The number of hydrogen-bond acceptors (Lipinski definition) is 4. The molecule has 0 bridgehead atoms. The molecule has 0 radical (unpaired) electrons. The van der Waals surface area contributed by atoms with Gasteiger partial charge in [0, 0.05) is 0 Å². The summed E-state index contributed by atoms with van der Waals surface area (Å²) < 4.78 is 21.0. The maximum Gasteiger partial charge on any atom is 0.193 e. The SMILES string of the molecule is CC(C)C(C)(C)[Si](C)(C)OC(CCC(CCCC(C)(C)O[Si](C)(C)C)C1CCC2[C@@H](O)CCC[C@]12C)C(C)(C)O[Si](C)(C)C. The lowest BCUT2D eigenvalue weighted by atomic mass is 9.60. The number of aliphatic hydroxyl groups is 1. The Morgan fingerprint density at radius 3 is 1.89 bits per heavy atom. The van der Waals surface area contributed by atoms with Gasteiger partial charge in [0.2, 0.25) is 0 Å². The summed E-state index contributed by atoms with van der Waals surface area (Å²) in [5.41, 5.74) is -0.154. The van der Waals surface area contributed by atoms with Gasteiger partial charge in [0.15, 0.2) is 25.0 Å². The Kier molecular flexibility index (Phi) is 13.4. The molecule has 1 N–H and O–H groups in total. The molecule has 4 unspecified atom stereocenters. The first-order chi connectivity index (χ1) is 19.6. The van der Waals surface area contributed by atoms with E-state index in [2.05, 4.69) is 115 Å². The van der Waals surface area contributed by atoms with Gasteiger partial charge in [0.05, 0.1) is 23.4 Å². The van der Waals surface area contributed by atoms with Crippen molar-refractivity contribution in [3.05, 3.63) is 0 Å². The van der Waals surface area contributed by atoms with Crippen LogP contribution in [0.2, 0.25) is 57.4 Å². The number of fused-ring (bicyclic) bond motifs is 1. The summed E-state index contributed by atoms with van der Waals surface area (Å²) in [6, 6.07) is 0. The molecule has 2 rings (SSSR count). The van der Waals surface area contributed by atoms with Crippen molar-refractivity contribution in [3.63, 3.8) is 0 Å². The van der Waals surface area contributed by atoms with Crippen LogP contribution < -0.4 is 0 Å². The third-order valence-electron chi connectivity index (χ3n) is 12.2. The van der Waals surface area contributed by atoms with Crippen LogP contribution in [-0.4, -0.2) is 53.5 Å². The van der Waals surface area contributed by atoms with E-state index in [9.17, 15) is 5.11 Å². The van der Waals surface area contributed by atoms with E-state index in [1.807, 2.05) is 0 Å². The van der Waals surface area contributed by atoms with Crippen LogP contribution in [-0.2, 0) is 13.3 Å². The third kappa shape index (κ3) is 10.7. The molecule has 0 aliphatic heterocycles. The van der Waals surface area contributed by atoms with Crippen molar-refractivity contribution < 1.29 is 18.4 Å². The summed E-state index contributed by atoms with van der Waals surface area (Å²) in [5.74, 6) is 2.33. The molecule has 262 valence electrons. The average molecular weight is 671 g/mol. The Balaban J connectivity index is 2.39. The van der Waals surface area contributed by atoms with Crippen molar-refractivity contribution in [2.45, 2.75) is 207 Å². The summed E-state index contributed by atoms with van der Waals surface area (Å²) in [4.78, 5) is 0. The molecule has 2 fully saturated rings. The molecule has 44 heavy (non-hydrogen) atoms.